The summed E-state index contributed by atoms with van der Waals surface area (Å²) in [5, 5.41) is 2.81. The molecule has 2 N–H and O–H groups in total. The van der Waals surface area contributed by atoms with Gasteiger partial charge in [0, 0.05) is 35.6 Å². The van der Waals surface area contributed by atoms with Crippen LogP contribution in [-0.2, 0) is 10.0 Å². The highest BCUT2D eigenvalue weighted by molar-refractivity contribution is 7.92. The van der Waals surface area contributed by atoms with Crippen LogP contribution in [0, 0.1) is 11.6 Å². The van der Waals surface area contributed by atoms with E-state index < -0.39 is 33.6 Å². The lowest BCUT2D eigenvalue weighted by Gasteiger charge is -2.24. The lowest BCUT2D eigenvalue weighted by atomic mass is 10.1. The Morgan fingerprint density at radius 2 is 1.62 bits per heavy atom. The van der Waals surface area contributed by atoms with E-state index >= 15 is 0 Å². The highest BCUT2D eigenvalue weighted by atomic mass is 32.2. The number of halogens is 2. The van der Waals surface area contributed by atoms with E-state index in [0.717, 1.165) is 12.1 Å². The topological polar surface area (TPSA) is 90.9 Å². The van der Waals surface area contributed by atoms with Crippen LogP contribution in [-0.4, -0.2) is 20.5 Å². The molecule has 3 aromatic rings. The fraction of sp³-hybridized carbons (Fsp3) is 0.111. The molecular weight excluding hydrogens is 498 g/mol. The van der Waals surface area contributed by atoms with Gasteiger partial charge in [-0.1, -0.05) is 12.1 Å². The van der Waals surface area contributed by atoms with Crippen LogP contribution in [0.25, 0.3) is 0 Å². The predicted molar refractivity (Wildman–Crippen MR) is 140 cm³/mol. The fourth-order valence-corrected chi connectivity index (χ4v) is 4.97. The number of nitrogens with zero attached hydrogens (tertiary/aromatic N) is 2. The number of amides is 1. The number of hydrogen-bond acceptors (Lipinski definition) is 5. The third-order valence-corrected chi connectivity index (χ3v) is 7.04. The third-order valence-electron chi connectivity index (χ3n) is 5.63. The van der Waals surface area contributed by atoms with Crippen LogP contribution >= 0.6 is 0 Å². The number of rotatable bonds is 7. The maximum absolute atomic E-state index is 13.5. The van der Waals surface area contributed by atoms with Crippen LogP contribution in [0.3, 0.4) is 0 Å². The summed E-state index contributed by atoms with van der Waals surface area (Å²) >= 11 is 0. The minimum Gasteiger partial charge on any atom is -0.346 e. The largest absolute Gasteiger partial charge is 0.346 e. The number of benzene rings is 3. The Hall–Kier alpha value is -4.31. The van der Waals surface area contributed by atoms with E-state index in [0.29, 0.717) is 11.3 Å². The number of carbonyl (C=O) groups excluding carboxylic acids is 1. The summed E-state index contributed by atoms with van der Waals surface area (Å²) in [4.78, 5) is 18.6. The Morgan fingerprint density at radius 3 is 2.30 bits per heavy atom. The van der Waals surface area contributed by atoms with Crippen molar-refractivity contribution < 1.29 is 22.0 Å². The van der Waals surface area contributed by atoms with Crippen molar-refractivity contribution in [3.05, 3.63) is 114 Å². The summed E-state index contributed by atoms with van der Waals surface area (Å²) in [6.07, 6.45) is 6.45. The minimum absolute atomic E-state index is 0.105. The van der Waals surface area contributed by atoms with Crippen molar-refractivity contribution in [1.29, 1.82) is 0 Å². The fourth-order valence-electron chi connectivity index (χ4n) is 3.69. The molecule has 1 heterocycles. The van der Waals surface area contributed by atoms with Crippen molar-refractivity contribution in [3.8, 4) is 0 Å². The Labute approximate surface area is 213 Å². The summed E-state index contributed by atoms with van der Waals surface area (Å²) in [5.74, 6) is -1.41. The molecule has 0 saturated carbocycles. The smallest absolute Gasteiger partial charge is 0.264 e. The van der Waals surface area contributed by atoms with Gasteiger partial charge in [-0.2, -0.15) is 0 Å². The molecule has 37 heavy (non-hydrogen) atoms. The number of nitrogens with one attached hydrogen (secondary N) is 2. The molecule has 3 aromatic carbocycles. The zero-order valence-electron chi connectivity index (χ0n) is 20.0. The van der Waals surface area contributed by atoms with Crippen LogP contribution < -0.4 is 14.9 Å². The first-order valence-corrected chi connectivity index (χ1v) is 12.8. The monoisotopic (exact) mass is 522 g/mol. The molecule has 0 radical (unpaired) electrons. The number of allylic oxidation sites excluding steroid dienone is 2. The molecule has 0 bridgehead atoms. The summed E-state index contributed by atoms with van der Waals surface area (Å²) in [7, 11) is -4.22. The van der Waals surface area contributed by atoms with Gasteiger partial charge in [0.25, 0.3) is 15.9 Å². The Balaban J connectivity index is 1.72. The van der Waals surface area contributed by atoms with Gasteiger partial charge in [0.1, 0.15) is 16.5 Å². The average Bonchev–Trinajstić information content (AvgIpc) is 3.09. The highest BCUT2D eigenvalue weighted by Gasteiger charge is 2.25. The quantitative estimate of drug-likeness (QED) is 0.427. The van der Waals surface area contributed by atoms with Crippen LogP contribution in [0.15, 0.2) is 101 Å². The summed E-state index contributed by atoms with van der Waals surface area (Å²) in [5.41, 5.74) is 1.88. The van der Waals surface area contributed by atoms with Crippen molar-refractivity contribution in [3.63, 3.8) is 0 Å². The van der Waals surface area contributed by atoms with Crippen molar-refractivity contribution in [1.82, 2.24) is 5.32 Å². The molecule has 1 amide bonds. The lowest BCUT2D eigenvalue weighted by Crippen LogP contribution is -2.27. The SMILES string of the molecule is CC1=CN=CC=CN1c1ccc(C(=O)NC(C)c2ccc(F)cc2)cc1S(=O)(=O)Nc1ccc(F)cc1. The van der Waals surface area contributed by atoms with E-state index in [1.54, 1.807) is 55.6 Å². The molecule has 4 rings (SSSR count). The van der Waals surface area contributed by atoms with E-state index in [4.69, 9.17) is 0 Å². The molecule has 1 aliphatic rings. The molecule has 0 fully saturated rings. The molecular formula is C27H24F2N4O3S. The summed E-state index contributed by atoms with van der Waals surface area (Å²) in [6.45, 7) is 3.51. The van der Waals surface area contributed by atoms with Crippen molar-refractivity contribution in [2.24, 2.45) is 4.99 Å². The molecule has 0 aromatic heterocycles. The van der Waals surface area contributed by atoms with E-state index in [-0.39, 0.29) is 21.8 Å². The van der Waals surface area contributed by atoms with Gasteiger partial charge in [-0.15, -0.1) is 0 Å². The number of anilines is 2. The van der Waals surface area contributed by atoms with Gasteiger partial charge in [-0.3, -0.25) is 14.5 Å². The zero-order valence-corrected chi connectivity index (χ0v) is 20.8. The predicted octanol–water partition coefficient (Wildman–Crippen LogP) is 5.52. The summed E-state index contributed by atoms with van der Waals surface area (Å²) < 4.78 is 56.1. The molecule has 0 aliphatic carbocycles. The minimum atomic E-state index is -4.22. The second-order valence-corrected chi connectivity index (χ2v) is 9.97. The van der Waals surface area contributed by atoms with Gasteiger partial charge in [0.15, 0.2) is 0 Å². The molecule has 1 atom stereocenters. The van der Waals surface area contributed by atoms with Crippen LogP contribution in [0.5, 0.6) is 0 Å². The molecule has 1 unspecified atom stereocenters. The number of sulfonamides is 1. The number of aliphatic imine (C=N–C) groups is 1. The second-order valence-electron chi connectivity index (χ2n) is 8.32. The molecule has 10 heteroatoms. The summed E-state index contributed by atoms with van der Waals surface area (Å²) in [6, 6.07) is 14.5. The molecule has 1 aliphatic heterocycles. The van der Waals surface area contributed by atoms with E-state index in [2.05, 4.69) is 15.0 Å². The second kappa shape index (κ2) is 10.8. The van der Waals surface area contributed by atoms with Gasteiger partial charge < -0.3 is 10.2 Å². The number of hydrogen-bond donors (Lipinski definition) is 2. The maximum atomic E-state index is 13.5. The van der Waals surface area contributed by atoms with Gasteiger partial charge in [0.2, 0.25) is 0 Å². The van der Waals surface area contributed by atoms with Crippen LogP contribution in [0.2, 0.25) is 0 Å². The first kappa shape index (κ1) is 25.8. The number of carbonyl (C=O) groups is 1. The van der Waals surface area contributed by atoms with E-state index in [1.807, 2.05) is 0 Å². The molecule has 7 nitrogen and oxygen atoms in total. The average molecular weight is 523 g/mol. The highest BCUT2D eigenvalue weighted by Crippen LogP contribution is 2.32. The van der Waals surface area contributed by atoms with Gasteiger partial charge in [0.05, 0.1) is 11.7 Å². The van der Waals surface area contributed by atoms with Crippen LogP contribution in [0.1, 0.15) is 35.8 Å². The van der Waals surface area contributed by atoms with E-state index in [1.165, 1.54) is 42.5 Å². The zero-order chi connectivity index (χ0) is 26.6. The third kappa shape index (κ3) is 6.10. The van der Waals surface area contributed by atoms with Crippen molar-refractivity contribution >= 4 is 33.5 Å². The van der Waals surface area contributed by atoms with Crippen molar-refractivity contribution in [2.75, 3.05) is 9.62 Å². The Kier molecular flexibility index (Phi) is 7.49. The van der Waals surface area contributed by atoms with Crippen LogP contribution in [0.4, 0.5) is 20.2 Å². The van der Waals surface area contributed by atoms with Gasteiger partial charge in [-0.25, -0.2) is 17.2 Å². The normalized spacial score (nSPS) is 14.1. The Bertz CT molecular complexity index is 1500. The van der Waals surface area contributed by atoms with E-state index in [9.17, 15) is 22.0 Å². The Morgan fingerprint density at radius 1 is 0.973 bits per heavy atom. The van der Waals surface area contributed by atoms with Gasteiger partial charge >= 0.3 is 0 Å². The molecule has 0 spiro atoms. The lowest BCUT2D eigenvalue weighted by molar-refractivity contribution is 0.0939. The first-order chi connectivity index (χ1) is 17.6. The standard InChI is InChI=1S/C27H24F2N4O3S/c1-18-17-30-14-3-15-33(18)25-13-6-21(27(34)31-19(2)20-4-7-22(28)8-5-20)16-26(25)37(35,36)32-24-11-9-23(29)10-12-24/h3-17,19,32H,1-2H3,(H,31,34). The first-order valence-electron chi connectivity index (χ1n) is 11.3. The van der Waals surface area contributed by atoms with Crippen molar-refractivity contribution in [2.45, 2.75) is 24.8 Å². The molecule has 0 saturated heterocycles. The maximum Gasteiger partial charge on any atom is 0.264 e. The van der Waals surface area contributed by atoms with Gasteiger partial charge in [-0.05, 0) is 80.1 Å². The molecule has 190 valence electrons.